The van der Waals surface area contributed by atoms with Crippen molar-refractivity contribution in [2.75, 3.05) is 27.2 Å². The number of piperidine rings is 1. The summed E-state index contributed by atoms with van der Waals surface area (Å²) in [7, 11) is -0.762. The highest BCUT2D eigenvalue weighted by Crippen LogP contribution is 2.37. The number of hydrogen-bond donors (Lipinski definition) is 1. The van der Waals surface area contributed by atoms with Gasteiger partial charge in [0.2, 0.25) is 0 Å². The lowest BCUT2D eigenvalue weighted by molar-refractivity contribution is -0.137. The van der Waals surface area contributed by atoms with E-state index in [1.54, 1.807) is 0 Å². The van der Waals surface area contributed by atoms with E-state index in [4.69, 9.17) is 4.52 Å². The van der Waals surface area contributed by atoms with Crippen LogP contribution in [-0.2, 0) is 16.4 Å². The van der Waals surface area contributed by atoms with Crippen molar-refractivity contribution < 1.29 is 30.9 Å². The van der Waals surface area contributed by atoms with Crippen LogP contribution in [0.5, 0.6) is 0 Å². The molecule has 0 bridgehead atoms. The van der Waals surface area contributed by atoms with E-state index >= 15 is 0 Å². The minimum Gasteiger partial charge on any atom is -0.355 e. The van der Waals surface area contributed by atoms with Crippen molar-refractivity contribution >= 4 is 16.1 Å². The second-order valence-electron chi connectivity index (χ2n) is 7.08. The fraction of sp³-hybridized carbons (Fsp3) is 0.444. The van der Waals surface area contributed by atoms with Crippen molar-refractivity contribution in [2.45, 2.75) is 25.1 Å². The molecule has 30 heavy (non-hydrogen) atoms. The van der Waals surface area contributed by atoms with E-state index in [1.165, 1.54) is 36.6 Å². The Morgan fingerprint density at radius 3 is 2.67 bits per heavy atom. The Labute approximate surface area is 171 Å². The van der Waals surface area contributed by atoms with Gasteiger partial charge in [-0.1, -0.05) is 23.4 Å². The highest BCUT2D eigenvalue weighted by molar-refractivity contribution is 7.86. The molecule has 1 N–H and O–H groups in total. The standard InChI is InChI=1S/C18H21F3N4O4S/c1-24(2)30(27,28)25-9-5-6-12(11-25)22-17(26)15-10-16(29-23-15)13-7-3-4-8-14(13)18(19,20)21/h3-4,7-8,10,12H,5-6,9,11H2,1-2H3,(H,22,26)/t12-/m1/s1. The number of amides is 1. The topological polar surface area (TPSA) is 95.8 Å². The number of benzene rings is 1. The van der Waals surface area contributed by atoms with Gasteiger partial charge in [0.1, 0.15) is 0 Å². The Hall–Kier alpha value is -2.44. The number of rotatable bonds is 5. The van der Waals surface area contributed by atoms with Crippen LogP contribution >= 0.6 is 0 Å². The second kappa shape index (κ2) is 8.36. The van der Waals surface area contributed by atoms with Gasteiger partial charge in [-0.3, -0.25) is 4.79 Å². The Balaban J connectivity index is 1.74. The zero-order valence-corrected chi connectivity index (χ0v) is 17.1. The van der Waals surface area contributed by atoms with Crippen LogP contribution in [0.1, 0.15) is 28.9 Å². The van der Waals surface area contributed by atoms with Crippen LogP contribution in [-0.4, -0.2) is 61.3 Å². The third kappa shape index (κ3) is 4.65. The monoisotopic (exact) mass is 446 g/mol. The average Bonchev–Trinajstić information content (AvgIpc) is 3.17. The van der Waals surface area contributed by atoms with Gasteiger partial charge in [-0.15, -0.1) is 0 Å². The fourth-order valence-electron chi connectivity index (χ4n) is 3.21. The molecule has 2 heterocycles. The number of hydrogen-bond acceptors (Lipinski definition) is 5. The number of aromatic nitrogens is 1. The van der Waals surface area contributed by atoms with Crippen LogP contribution in [0.2, 0.25) is 0 Å². The molecule has 164 valence electrons. The maximum atomic E-state index is 13.2. The molecule has 2 aromatic rings. The van der Waals surface area contributed by atoms with E-state index in [0.717, 1.165) is 16.4 Å². The molecule has 1 aromatic heterocycles. The summed E-state index contributed by atoms with van der Waals surface area (Å²) >= 11 is 0. The summed E-state index contributed by atoms with van der Waals surface area (Å²) in [5.41, 5.74) is -1.31. The molecule has 1 atom stereocenters. The van der Waals surface area contributed by atoms with Gasteiger partial charge in [0.15, 0.2) is 11.5 Å². The van der Waals surface area contributed by atoms with Crippen LogP contribution in [0.15, 0.2) is 34.9 Å². The molecule has 1 aliphatic rings. The van der Waals surface area contributed by atoms with Gasteiger partial charge in [-0.2, -0.15) is 30.2 Å². The molecule has 0 aliphatic carbocycles. The number of carbonyl (C=O) groups excluding carboxylic acids is 1. The Morgan fingerprint density at radius 2 is 2.00 bits per heavy atom. The fourth-order valence-corrected chi connectivity index (χ4v) is 4.40. The minimum atomic E-state index is -4.59. The molecule has 1 amide bonds. The van der Waals surface area contributed by atoms with Crippen molar-refractivity contribution in [3.63, 3.8) is 0 Å². The summed E-state index contributed by atoms with van der Waals surface area (Å²) in [4.78, 5) is 12.5. The van der Waals surface area contributed by atoms with Crippen molar-refractivity contribution in [3.05, 3.63) is 41.6 Å². The maximum absolute atomic E-state index is 13.2. The van der Waals surface area contributed by atoms with Crippen molar-refractivity contribution in [1.29, 1.82) is 0 Å². The Kier molecular flexibility index (Phi) is 6.20. The third-order valence-corrected chi connectivity index (χ3v) is 6.65. The molecule has 0 saturated carbocycles. The first kappa shape index (κ1) is 22.2. The van der Waals surface area contributed by atoms with Crippen LogP contribution in [0, 0.1) is 0 Å². The molecule has 1 aliphatic heterocycles. The molecular weight excluding hydrogens is 425 g/mol. The summed E-state index contributed by atoms with van der Waals surface area (Å²) in [5.74, 6) is -0.836. The summed E-state index contributed by atoms with van der Waals surface area (Å²) in [6.07, 6.45) is -3.47. The average molecular weight is 446 g/mol. The van der Waals surface area contributed by atoms with Crippen LogP contribution in [0.25, 0.3) is 11.3 Å². The molecule has 3 rings (SSSR count). The van der Waals surface area contributed by atoms with Crippen molar-refractivity contribution in [3.8, 4) is 11.3 Å². The lowest BCUT2D eigenvalue weighted by Crippen LogP contribution is -2.52. The minimum absolute atomic E-state index is 0.0911. The van der Waals surface area contributed by atoms with Gasteiger partial charge in [-0.05, 0) is 18.9 Å². The number of alkyl halides is 3. The summed E-state index contributed by atoms with van der Waals surface area (Å²) in [6.45, 7) is 0.434. The zero-order chi connectivity index (χ0) is 22.1. The SMILES string of the molecule is CN(C)S(=O)(=O)N1CCC[C@@H](NC(=O)c2cc(-c3ccccc3C(F)(F)F)on2)C1. The first-order chi connectivity index (χ1) is 14.0. The summed E-state index contributed by atoms with van der Waals surface area (Å²) < 4.78 is 71.5. The normalized spacial score (nSPS) is 18.5. The predicted octanol–water partition coefficient (Wildman–Crippen LogP) is 2.36. The molecule has 8 nitrogen and oxygen atoms in total. The Morgan fingerprint density at radius 1 is 1.30 bits per heavy atom. The summed E-state index contributed by atoms with van der Waals surface area (Å²) in [6, 6.07) is 5.51. The number of nitrogens with zero attached hydrogens (tertiary/aromatic N) is 3. The quantitative estimate of drug-likeness (QED) is 0.761. The number of nitrogens with one attached hydrogen (secondary N) is 1. The van der Waals surface area contributed by atoms with Crippen LogP contribution < -0.4 is 5.32 Å². The molecule has 1 fully saturated rings. The third-order valence-electron chi connectivity index (χ3n) is 4.75. The van der Waals surface area contributed by atoms with Crippen LogP contribution in [0.3, 0.4) is 0 Å². The van der Waals surface area contributed by atoms with Gasteiger partial charge in [0.05, 0.1) is 5.56 Å². The number of carbonyl (C=O) groups is 1. The highest BCUT2D eigenvalue weighted by atomic mass is 32.2. The van der Waals surface area contributed by atoms with Crippen molar-refractivity contribution in [2.24, 2.45) is 0 Å². The molecular formula is C18H21F3N4O4S. The largest absolute Gasteiger partial charge is 0.417 e. The maximum Gasteiger partial charge on any atom is 0.417 e. The molecule has 0 radical (unpaired) electrons. The van der Waals surface area contributed by atoms with E-state index in [-0.39, 0.29) is 23.6 Å². The van der Waals surface area contributed by atoms with E-state index in [1.807, 2.05) is 0 Å². The van der Waals surface area contributed by atoms with Gasteiger partial charge >= 0.3 is 6.18 Å². The summed E-state index contributed by atoms with van der Waals surface area (Å²) in [5, 5.41) is 6.26. The predicted molar refractivity (Wildman–Crippen MR) is 102 cm³/mol. The molecule has 0 unspecified atom stereocenters. The van der Waals surface area contributed by atoms with E-state index in [2.05, 4.69) is 10.5 Å². The van der Waals surface area contributed by atoms with E-state index in [0.29, 0.717) is 19.4 Å². The van der Waals surface area contributed by atoms with Gasteiger partial charge < -0.3 is 9.84 Å². The lowest BCUT2D eigenvalue weighted by Gasteiger charge is -2.33. The zero-order valence-electron chi connectivity index (χ0n) is 16.3. The van der Waals surface area contributed by atoms with Gasteiger partial charge in [-0.25, -0.2) is 0 Å². The Bertz CT molecular complexity index is 1020. The molecule has 1 saturated heterocycles. The molecule has 0 spiro atoms. The smallest absolute Gasteiger partial charge is 0.355 e. The first-order valence-electron chi connectivity index (χ1n) is 9.12. The molecule has 12 heteroatoms. The van der Waals surface area contributed by atoms with Gasteiger partial charge in [0, 0.05) is 44.9 Å². The highest BCUT2D eigenvalue weighted by Gasteiger charge is 2.35. The number of halogens is 3. The second-order valence-corrected chi connectivity index (χ2v) is 9.22. The van der Waals surface area contributed by atoms with Crippen LogP contribution in [0.4, 0.5) is 13.2 Å². The van der Waals surface area contributed by atoms with E-state index < -0.39 is 33.9 Å². The first-order valence-corrected chi connectivity index (χ1v) is 10.5. The molecule has 1 aromatic carbocycles. The van der Waals surface area contributed by atoms with Crippen molar-refractivity contribution in [1.82, 2.24) is 19.1 Å². The lowest BCUT2D eigenvalue weighted by atomic mass is 10.0. The van der Waals surface area contributed by atoms with Gasteiger partial charge in [0.25, 0.3) is 16.1 Å². The van der Waals surface area contributed by atoms with E-state index in [9.17, 15) is 26.4 Å².